The van der Waals surface area contributed by atoms with Crippen molar-refractivity contribution < 1.29 is 9.37 Å². The maximum absolute atomic E-state index is 13.4. The van der Waals surface area contributed by atoms with Gasteiger partial charge in [-0.15, -0.1) is 0 Å². The predicted octanol–water partition coefficient (Wildman–Crippen LogP) is 5.73. The largest absolute Gasteiger partial charge is 0.369 e. The van der Waals surface area contributed by atoms with Crippen LogP contribution in [-0.2, 0) is 10.2 Å². The van der Waals surface area contributed by atoms with Gasteiger partial charge < -0.3 is 5.73 Å². The van der Waals surface area contributed by atoms with Crippen LogP contribution in [-0.4, -0.2) is 46.9 Å². The van der Waals surface area contributed by atoms with Gasteiger partial charge in [-0.25, -0.2) is 0 Å². The van der Waals surface area contributed by atoms with Crippen LogP contribution >= 0.6 is 0 Å². The molecule has 4 heteroatoms. The number of nitrogens with two attached hydrogens (primary N) is 1. The fourth-order valence-electron chi connectivity index (χ4n) is 6.70. The summed E-state index contributed by atoms with van der Waals surface area (Å²) in [5.41, 5.74) is 7.56. The van der Waals surface area contributed by atoms with Crippen LogP contribution in [0.1, 0.15) is 82.8 Å². The summed E-state index contributed by atoms with van der Waals surface area (Å²) in [7, 11) is 0. The first-order valence-corrected chi connectivity index (χ1v) is 13.8. The molecule has 1 heterocycles. The van der Waals surface area contributed by atoms with Crippen molar-refractivity contribution in [3.63, 3.8) is 0 Å². The van der Waals surface area contributed by atoms with E-state index in [1.165, 1.54) is 50.9 Å². The van der Waals surface area contributed by atoms with Crippen molar-refractivity contribution in [1.29, 1.82) is 0 Å². The number of carbonyl (C=O) groups is 1. The topological polar surface area (TPSA) is 49.3 Å². The number of carbonyl (C=O) groups excluding carboxylic acids is 1. The van der Waals surface area contributed by atoms with Gasteiger partial charge in [0.05, 0.1) is 12.6 Å². The Morgan fingerprint density at radius 1 is 0.943 bits per heavy atom. The van der Waals surface area contributed by atoms with Gasteiger partial charge in [0.2, 0.25) is 11.7 Å². The Kier molecular flexibility index (Phi) is 8.64. The zero-order chi connectivity index (χ0) is 24.7. The fourth-order valence-corrected chi connectivity index (χ4v) is 6.70. The SMILES string of the molecule is CCCCCCCC[N+]1=C(C)N(C2CCC(C(C(N)=O)(c3ccccc3)c3ccccc3)C2)CC1. The van der Waals surface area contributed by atoms with Crippen molar-refractivity contribution in [1.82, 2.24) is 4.90 Å². The second kappa shape index (κ2) is 11.9. The van der Waals surface area contributed by atoms with E-state index in [1.807, 2.05) is 36.4 Å². The van der Waals surface area contributed by atoms with Gasteiger partial charge in [0.15, 0.2) is 0 Å². The molecule has 1 aliphatic heterocycles. The van der Waals surface area contributed by atoms with E-state index >= 15 is 0 Å². The molecule has 0 saturated heterocycles. The Morgan fingerprint density at radius 3 is 2.14 bits per heavy atom. The molecule has 0 radical (unpaired) electrons. The number of hydrogen-bond donors (Lipinski definition) is 1. The molecule has 2 aromatic rings. The van der Waals surface area contributed by atoms with E-state index in [9.17, 15) is 4.79 Å². The van der Waals surface area contributed by atoms with E-state index in [-0.39, 0.29) is 11.8 Å². The number of hydrogen-bond acceptors (Lipinski definition) is 2. The molecule has 35 heavy (non-hydrogen) atoms. The maximum Gasteiger partial charge on any atom is 0.244 e. The third-order valence-electron chi connectivity index (χ3n) is 8.57. The Labute approximate surface area is 212 Å². The molecule has 2 unspecified atom stereocenters. The van der Waals surface area contributed by atoms with Crippen LogP contribution in [0.25, 0.3) is 0 Å². The van der Waals surface area contributed by atoms with Crippen molar-refractivity contribution in [2.45, 2.75) is 83.1 Å². The first kappa shape index (κ1) is 25.5. The minimum atomic E-state index is -0.789. The van der Waals surface area contributed by atoms with Crippen molar-refractivity contribution in [3.05, 3.63) is 71.8 Å². The van der Waals surface area contributed by atoms with Gasteiger partial charge in [0.25, 0.3) is 0 Å². The number of amidine groups is 1. The summed E-state index contributed by atoms with van der Waals surface area (Å²) in [6.07, 6.45) is 11.2. The third-order valence-corrected chi connectivity index (χ3v) is 8.57. The summed E-state index contributed by atoms with van der Waals surface area (Å²) in [5.74, 6) is 1.39. The Balaban J connectivity index is 1.51. The minimum Gasteiger partial charge on any atom is -0.369 e. The average Bonchev–Trinajstić information content (AvgIpc) is 3.50. The molecule has 0 spiro atoms. The smallest absolute Gasteiger partial charge is 0.244 e. The molecule has 1 amide bonds. The Morgan fingerprint density at radius 2 is 1.54 bits per heavy atom. The van der Waals surface area contributed by atoms with Gasteiger partial charge in [-0.3, -0.25) is 14.3 Å². The lowest BCUT2D eigenvalue weighted by molar-refractivity contribution is -0.519. The second-order valence-electron chi connectivity index (χ2n) is 10.6. The Hall–Kier alpha value is -2.62. The average molecular weight is 475 g/mol. The van der Waals surface area contributed by atoms with Crippen LogP contribution in [0.2, 0.25) is 0 Å². The molecule has 188 valence electrons. The lowest BCUT2D eigenvalue weighted by Crippen LogP contribution is -2.48. The number of primary amides is 1. The van der Waals surface area contributed by atoms with Crippen LogP contribution < -0.4 is 5.73 Å². The molecular formula is C31H44N3O+. The molecule has 1 saturated carbocycles. The van der Waals surface area contributed by atoms with Crippen LogP contribution in [0.15, 0.2) is 60.7 Å². The van der Waals surface area contributed by atoms with Gasteiger partial charge in [-0.2, -0.15) is 0 Å². The maximum atomic E-state index is 13.4. The van der Waals surface area contributed by atoms with E-state index in [2.05, 4.69) is 47.6 Å². The van der Waals surface area contributed by atoms with Crippen LogP contribution in [0.3, 0.4) is 0 Å². The molecule has 2 N–H and O–H groups in total. The molecule has 2 atom stereocenters. The van der Waals surface area contributed by atoms with E-state index in [4.69, 9.17) is 5.73 Å². The number of benzene rings is 2. The number of rotatable bonds is 12. The van der Waals surface area contributed by atoms with Crippen molar-refractivity contribution in [3.8, 4) is 0 Å². The zero-order valence-corrected chi connectivity index (χ0v) is 21.8. The standard InChI is InChI=1S/C31H43N3O/c1-3-4-5-6-7-14-21-33-22-23-34(25(33)2)29-20-19-28(24-29)31(30(32)35,26-15-10-8-11-16-26)27-17-12-9-13-18-27/h8-13,15-18,28-29H,3-7,14,19-24H2,1-2H3,(H-,32,35)/p+1. The second-order valence-corrected chi connectivity index (χ2v) is 10.6. The number of nitrogens with zero attached hydrogens (tertiary/aromatic N) is 2. The monoisotopic (exact) mass is 474 g/mol. The van der Waals surface area contributed by atoms with E-state index in [0.29, 0.717) is 6.04 Å². The summed E-state index contributed by atoms with van der Waals surface area (Å²) in [6.45, 7) is 7.97. The minimum absolute atomic E-state index is 0.190. The van der Waals surface area contributed by atoms with Gasteiger partial charge in [-0.05, 0) is 49.1 Å². The van der Waals surface area contributed by atoms with Crippen molar-refractivity contribution in [2.75, 3.05) is 19.6 Å². The lowest BCUT2D eigenvalue weighted by Gasteiger charge is -2.37. The fraction of sp³-hybridized carbons (Fsp3) is 0.548. The van der Waals surface area contributed by atoms with Gasteiger partial charge in [0, 0.05) is 6.92 Å². The van der Waals surface area contributed by atoms with Crippen molar-refractivity contribution >= 4 is 11.7 Å². The molecule has 4 nitrogen and oxygen atoms in total. The van der Waals surface area contributed by atoms with Crippen LogP contribution in [0.4, 0.5) is 0 Å². The summed E-state index contributed by atoms with van der Waals surface area (Å²) in [6, 6.07) is 20.9. The molecule has 1 fully saturated rings. The summed E-state index contributed by atoms with van der Waals surface area (Å²) in [5, 5.41) is 0. The number of unbranched alkanes of at least 4 members (excludes halogenated alkanes) is 5. The molecule has 1 aliphatic carbocycles. The molecule has 0 bridgehead atoms. The highest BCUT2D eigenvalue weighted by molar-refractivity contribution is 5.91. The zero-order valence-electron chi connectivity index (χ0n) is 21.8. The van der Waals surface area contributed by atoms with E-state index in [0.717, 1.165) is 43.5 Å². The van der Waals surface area contributed by atoms with Gasteiger partial charge in [-0.1, -0.05) is 93.3 Å². The van der Waals surface area contributed by atoms with Crippen LogP contribution in [0.5, 0.6) is 0 Å². The highest BCUT2D eigenvalue weighted by atomic mass is 16.1. The van der Waals surface area contributed by atoms with Crippen LogP contribution in [0, 0.1) is 5.92 Å². The molecule has 0 aromatic heterocycles. The van der Waals surface area contributed by atoms with Gasteiger partial charge in [0.1, 0.15) is 18.5 Å². The molecular weight excluding hydrogens is 430 g/mol. The van der Waals surface area contributed by atoms with E-state index in [1.54, 1.807) is 0 Å². The predicted molar refractivity (Wildman–Crippen MR) is 145 cm³/mol. The highest BCUT2D eigenvalue weighted by Crippen LogP contribution is 2.48. The first-order valence-electron chi connectivity index (χ1n) is 13.8. The quantitative estimate of drug-likeness (QED) is 0.315. The first-order chi connectivity index (χ1) is 17.1. The summed E-state index contributed by atoms with van der Waals surface area (Å²) >= 11 is 0. The Bertz CT molecular complexity index is 945. The molecule has 4 rings (SSSR count). The number of amides is 1. The summed E-state index contributed by atoms with van der Waals surface area (Å²) in [4.78, 5) is 16.0. The van der Waals surface area contributed by atoms with Gasteiger partial charge >= 0.3 is 0 Å². The summed E-state index contributed by atoms with van der Waals surface area (Å²) < 4.78 is 2.59. The lowest BCUT2D eigenvalue weighted by atomic mass is 9.64. The molecule has 2 aromatic carbocycles. The van der Waals surface area contributed by atoms with E-state index < -0.39 is 5.41 Å². The molecule has 2 aliphatic rings. The third kappa shape index (κ3) is 5.32. The highest BCUT2D eigenvalue weighted by Gasteiger charge is 2.52. The normalized spacial score (nSPS) is 20.6. The van der Waals surface area contributed by atoms with Crippen molar-refractivity contribution in [2.24, 2.45) is 11.7 Å².